The number of esters is 2. The SMILES string of the molecule is CC/C=C\C/C=C\C/C=C\C/C=C\C/C=C\CCCCCCCCCC(=O)OC(COC(=O)CCCCCCCCCCCCCCCCCCCCCCCC/C=C\C/C=C\C/C=C\CCCCCCC)COP(=O)([O-])OCC[N+](C)(C)C. The van der Waals surface area contributed by atoms with E-state index in [1.165, 1.54) is 186 Å². The second-order valence-electron chi connectivity index (χ2n) is 24.5. The zero-order valence-corrected chi connectivity index (χ0v) is 56.2. The summed E-state index contributed by atoms with van der Waals surface area (Å²) in [6.45, 7) is 4.13. The van der Waals surface area contributed by atoms with Crippen LogP contribution < -0.4 is 4.89 Å². The molecule has 0 amide bonds. The zero-order valence-electron chi connectivity index (χ0n) is 55.3. The van der Waals surface area contributed by atoms with Gasteiger partial charge in [0.25, 0.3) is 7.82 Å². The van der Waals surface area contributed by atoms with Gasteiger partial charge in [-0.15, -0.1) is 0 Å². The Hall–Kier alpha value is -3.07. The highest BCUT2D eigenvalue weighted by Gasteiger charge is 2.22. The third-order valence-corrected chi connectivity index (χ3v) is 16.1. The summed E-state index contributed by atoms with van der Waals surface area (Å²) in [5, 5.41) is 0. The van der Waals surface area contributed by atoms with Crippen LogP contribution in [0.4, 0.5) is 0 Å². The maximum absolute atomic E-state index is 12.8. The summed E-state index contributed by atoms with van der Waals surface area (Å²) >= 11 is 0. The molecule has 2 unspecified atom stereocenters. The number of likely N-dealkylation sites (N-methyl/N-ethyl adjacent to an activating group) is 1. The molecule has 0 N–H and O–H groups in total. The van der Waals surface area contributed by atoms with Crippen molar-refractivity contribution < 1.29 is 42.1 Å². The van der Waals surface area contributed by atoms with Gasteiger partial charge in [-0.1, -0.05) is 297 Å². The third-order valence-electron chi connectivity index (χ3n) is 15.1. The summed E-state index contributed by atoms with van der Waals surface area (Å²) in [6, 6.07) is 0. The van der Waals surface area contributed by atoms with Crippen LogP contribution in [0.5, 0.6) is 0 Å². The predicted molar refractivity (Wildman–Crippen MR) is 360 cm³/mol. The molecule has 0 aromatic rings. The molecule has 2 atom stereocenters. The summed E-state index contributed by atoms with van der Waals surface area (Å²) in [6.07, 6.45) is 89.2. The molecule has 0 aliphatic heterocycles. The van der Waals surface area contributed by atoms with Crippen LogP contribution in [-0.2, 0) is 32.7 Å². The van der Waals surface area contributed by atoms with Gasteiger partial charge < -0.3 is 27.9 Å². The molecular formula is C74H132NO8P. The van der Waals surface area contributed by atoms with Crippen LogP contribution in [0.15, 0.2) is 97.2 Å². The quantitative estimate of drug-likeness (QED) is 0.0195. The number of phosphoric ester groups is 1. The van der Waals surface area contributed by atoms with Gasteiger partial charge in [0.2, 0.25) is 0 Å². The van der Waals surface area contributed by atoms with Crippen LogP contribution in [0.25, 0.3) is 0 Å². The number of allylic oxidation sites excluding steroid dienone is 16. The van der Waals surface area contributed by atoms with Gasteiger partial charge in [-0.05, 0) is 96.3 Å². The van der Waals surface area contributed by atoms with Gasteiger partial charge >= 0.3 is 11.9 Å². The Bertz CT molecular complexity index is 1740. The molecule has 0 radical (unpaired) electrons. The van der Waals surface area contributed by atoms with Crippen molar-refractivity contribution in [3.8, 4) is 0 Å². The fourth-order valence-electron chi connectivity index (χ4n) is 9.75. The molecule has 0 spiro atoms. The fourth-order valence-corrected chi connectivity index (χ4v) is 10.5. The van der Waals surface area contributed by atoms with E-state index >= 15 is 0 Å². The van der Waals surface area contributed by atoms with Crippen LogP contribution in [0.1, 0.15) is 309 Å². The first-order chi connectivity index (χ1) is 41.0. The minimum absolute atomic E-state index is 0.0361. The topological polar surface area (TPSA) is 111 Å². The fraction of sp³-hybridized carbons (Fsp3) is 0.757. The number of hydrogen-bond donors (Lipinski definition) is 0. The maximum Gasteiger partial charge on any atom is 0.306 e. The molecule has 0 fully saturated rings. The summed E-state index contributed by atoms with van der Waals surface area (Å²) < 4.78 is 34.3. The minimum atomic E-state index is -4.65. The first kappa shape index (κ1) is 80.9. The lowest BCUT2D eigenvalue weighted by Crippen LogP contribution is -2.37. The summed E-state index contributed by atoms with van der Waals surface area (Å²) in [5.74, 6) is -0.839. The maximum atomic E-state index is 12.8. The van der Waals surface area contributed by atoms with E-state index in [9.17, 15) is 19.0 Å². The molecule has 0 saturated heterocycles. The molecule has 84 heavy (non-hydrogen) atoms. The average molecular weight is 1190 g/mol. The van der Waals surface area contributed by atoms with Crippen molar-refractivity contribution in [1.29, 1.82) is 0 Å². The molecule has 0 heterocycles. The van der Waals surface area contributed by atoms with Crippen molar-refractivity contribution in [1.82, 2.24) is 0 Å². The number of quaternary nitrogens is 1. The molecule has 0 aromatic heterocycles. The number of nitrogens with zero attached hydrogens (tertiary/aromatic N) is 1. The van der Waals surface area contributed by atoms with Gasteiger partial charge in [-0.2, -0.15) is 0 Å². The van der Waals surface area contributed by atoms with Crippen molar-refractivity contribution in [2.75, 3.05) is 47.5 Å². The Kier molecular flexibility index (Phi) is 62.1. The van der Waals surface area contributed by atoms with Gasteiger partial charge in [-0.3, -0.25) is 14.2 Å². The van der Waals surface area contributed by atoms with Crippen LogP contribution in [0, 0.1) is 0 Å². The van der Waals surface area contributed by atoms with Crippen LogP contribution in [0.3, 0.4) is 0 Å². The molecule has 0 aliphatic rings. The third kappa shape index (κ3) is 68.0. The van der Waals surface area contributed by atoms with Crippen LogP contribution in [0.2, 0.25) is 0 Å². The van der Waals surface area contributed by atoms with Crippen LogP contribution >= 0.6 is 7.82 Å². The number of phosphoric acid groups is 1. The number of rotatable bonds is 64. The first-order valence-corrected chi connectivity index (χ1v) is 36.4. The molecular weight excluding hydrogens is 1060 g/mol. The second-order valence-corrected chi connectivity index (χ2v) is 25.9. The number of carbonyl (C=O) groups excluding carboxylic acids is 2. The largest absolute Gasteiger partial charge is 0.756 e. The van der Waals surface area contributed by atoms with Gasteiger partial charge in [-0.25, -0.2) is 0 Å². The standard InChI is InChI=1S/C74H132NO8P/c1-6-8-10-12-14-16-18-20-22-24-26-28-30-31-32-33-34-35-36-37-38-39-40-41-42-43-45-46-48-50-52-54-56-58-60-62-64-66-73(76)80-70-72(71-82-84(78,79)81-69-68-75(3,4)5)83-74(77)67-65-63-61-59-57-55-53-51-49-47-44-29-27-25-23-21-19-17-15-13-11-9-7-2/h9,11,15,17-18,20-21,23-24,26-27,29-31,47,49,72H,6-8,10,12-14,16,19,22,25,28,32-46,48,50-71H2,1-5H3/b11-9-,17-15-,20-18-,23-21-,26-24-,29-27-,31-30-,49-47-. The zero-order chi connectivity index (χ0) is 61.2. The Labute approximate surface area is 519 Å². The number of carbonyl (C=O) groups is 2. The molecule has 0 aromatic carbocycles. The van der Waals surface area contributed by atoms with Crippen LogP contribution in [-0.4, -0.2) is 70.0 Å². The van der Waals surface area contributed by atoms with Crippen molar-refractivity contribution in [3.05, 3.63) is 97.2 Å². The van der Waals surface area contributed by atoms with Crippen molar-refractivity contribution >= 4 is 19.8 Å². The van der Waals surface area contributed by atoms with E-state index in [1.54, 1.807) is 0 Å². The van der Waals surface area contributed by atoms with Crippen molar-refractivity contribution in [2.45, 2.75) is 315 Å². The second kappa shape index (κ2) is 64.4. The van der Waals surface area contributed by atoms with E-state index in [4.69, 9.17) is 18.5 Å². The number of unbranched alkanes of at least 4 members (excludes halogenated alkanes) is 34. The highest BCUT2D eigenvalue weighted by atomic mass is 31.2. The van der Waals surface area contributed by atoms with Gasteiger partial charge in [0.15, 0.2) is 6.10 Å². The number of ether oxygens (including phenoxy) is 2. The normalized spacial score (nSPS) is 13.7. The number of hydrogen-bond acceptors (Lipinski definition) is 8. The Balaban J connectivity index is 4.00. The lowest BCUT2D eigenvalue weighted by atomic mass is 10.0. The molecule has 10 heteroatoms. The lowest BCUT2D eigenvalue weighted by molar-refractivity contribution is -0.870. The molecule has 0 rings (SSSR count). The van der Waals surface area contributed by atoms with E-state index < -0.39 is 26.5 Å². The molecule has 0 saturated carbocycles. The molecule has 0 aliphatic carbocycles. The van der Waals surface area contributed by atoms with Crippen molar-refractivity contribution in [2.24, 2.45) is 0 Å². The monoisotopic (exact) mass is 1190 g/mol. The lowest BCUT2D eigenvalue weighted by Gasteiger charge is -2.28. The first-order valence-electron chi connectivity index (χ1n) is 34.9. The van der Waals surface area contributed by atoms with Gasteiger partial charge in [0.05, 0.1) is 27.7 Å². The minimum Gasteiger partial charge on any atom is -0.756 e. The van der Waals surface area contributed by atoms with Crippen molar-refractivity contribution in [3.63, 3.8) is 0 Å². The highest BCUT2D eigenvalue weighted by Crippen LogP contribution is 2.38. The van der Waals surface area contributed by atoms with E-state index in [2.05, 4.69) is 111 Å². The van der Waals surface area contributed by atoms with Gasteiger partial charge in [0.1, 0.15) is 19.8 Å². The summed E-state index contributed by atoms with van der Waals surface area (Å²) in [4.78, 5) is 38.0. The Morgan fingerprint density at radius 3 is 1.01 bits per heavy atom. The van der Waals surface area contributed by atoms with E-state index in [1.807, 2.05) is 21.1 Å². The Morgan fingerprint density at radius 1 is 0.381 bits per heavy atom. The molecule has 486 valence electrons. The highest BCUT2D eigenvalue weighted by molar-refractivity contribution is 7.45. The molecule has 9 nitrogen and oxygen atoms in total. The van der Waals surface area contributed by atoms with E-state index in [0.717, 1.165) is 89.9 Å². The summed E-state index contributed by atoms with van der Waals surface area (Å²) in [7, 11) is 1.16. The summed E-state index contributed by atoms with van der Waals surface area (Å²) in [5.41, 5.74) is 0. The van der Waals surface area contributed by atoms with E-state index in [0.29, 0.717) is 17.4 Å². The smallest absolute Gasteiger partial charge is 0.306 e. The van der Waals surface area contributed by atoms with Gasteiger partial charge in [0, 0.05) is 12.8 Å². The molecule has 0 bridgehead atoms. The Morgan fingerprint density at radius 2 is 0.679 bits per heavy atom. The predicted octanol–water partition coefficient (Wildman–Crippen LogP) is 22.1. The average Bonchev–Trinajstić information content (AvgIpc) is 3.61. The van der Waals surface area contributed by atoms with E-state index in [-0.39, 0.29) is 32.0 Å².